The van der Waals surface area contributed by atoms with Crippen LogP contribution in [0.25, 0.3) is 0 Å². The van der Waals surface area contributed by atoms with Crippen molar-refractivity contribution in [2.75, 3.05) is 24.6 Å². The molecule has 1 aliphatic rings. The average Bonchev–Trinajstić information content (AvgIpc) is 2.83. The van der Waals surface area contributed by atoms with Crippen LogP contribution in [-0.4, -0.2) is 55.8 Å². The Balaban J connectivity index is 1.88. The van der Waals surface area contributed by atoms with Crippen molar-refractivity contribution in [2.24, 2.45) is 0 Å². The van der Waals surface area contributed by atoms with Gasteiger partial charge in [-0.2, -0.15) is 0 Å². The third kappa shape index (κ3) is 4.94. The summed E-state index contributed by atoms with van der Waals surface area (Å²) in [6.45, 7) is 1.96. The van der Waals surface area contributed by atoms with Crippen LogP contribution in [0.15, 0.2) is 24.3 Å². The molecule has 2 amide bonds. The second kappa shape index (κ2) is 7.31. The third-order valence-corrected chi connectivity index (χ3v) is 5.80. The van der Waals surface area contributed by atoms with E-state index in [2.05, 4.69) is 5.32 Å². The summed E-state index contributed by atoms with van der Waals surface area (Å²) in [6.07, 6.45) is 0.451. The van der Waals surface area contributed by atoms with Crippen molar-refractivity contribution >= 4 is 33.3 Å². The molecule has 0 bridgehead atoms. The van der Waals surface area contributed by atoms with E-state index in [-0.39, 0.29) is 42.5 Å². The quantitative estimate of drug-likeness (QED) is 0.854. The number of amides is 2. The molecule has 126 valence electrons. The highest BCUT2D eigenvalue weighted by Gasteiger charge is 2.33. The van der Waals surface area contributed by atoms with E-state index in [1.54, 1.807) is 24.3 Å². The standard InChI is InChI=1S/C15H19ClN2O4S/c1-11(19)18(14-6-9-23(21,22)10-14)8-7-17-15(20)12-2-4-13(16)5-3-12/h2-5,14H,6-10H2,1H3,(H,17,20). The first-order valence-electron chi connectivity index (χ1n) is 7.30. The highest BCUT2D eigenvalue weighted by molar-refractivity contribution is 7.91. The molecule has 1 unspecified atom stereocenters. The van der Waals surface area contributed by atoms with E-state index in [1.807, 2.05) is 0 Å². The highest BCUT2D eigenvalue weighted by atomic mass is 35.5. The zero-order chi connectivity index (χ0) is 17.0. The predicted octanol–water partition coefficient (Wildman–Crippen LogP) is 1.11. The molecule has 0 radical (unpaired) electrons. The number of sulfone groups is 1. The van der Waals surface area contributed by atoms with Crippen LogP contribution in [0, 0.1) is 0 Å². The molecule has 1 aromatic rings. The van der Waals surface area contributed by atoms with Gasteiger partial charge < -0.3 is 10.2 Å². The van der Waals surface area contributed by atoms with Crippen molar-refractivity contribution in [3.63, 3.8) is 0 Å². The number of nitrogens with one attached hydrogen (secondary N) is 1. The van der Waals surface area contributed by atoms with Crippen LogP contribution in [0.5, 0.6) is 0 Å². The largest absolute Gasteiger partial charge is 0.350 e. The Labute approximate surface area is 140 Å². The highest BCUT2D eigenvalue weighted by Crippen LogP contribution is 2.17. The first-order valence-corrected chi connectivity index (χ1v) is 9.50. The Morgan fingerprint density at radius 3 is 2.48 bits per heavy atom. The van der Waals surface area contributed by atoms with Gasteiger partial charge >= 0.3 is 0 Å². The molecule has 1 saturated heterocycles. The number of rotatable bonds is 5. The van der Waals surface area contributed by atoms with Gasteiger partial charge in [0.05, 0.1) is 11.5 Å². The Morgan fingerprint density at radius 2 is 1.96 bits per heavy atom. The van der Waals surface area contributed by atoms with Crippen LogP contribution in [0.2, 0.25) is 5.02 Å². The van der Waals surface area contributed by atoms with Crippen molar-refractivity contribution in [3.05, 3.63) is 34.9 Å². The maximum absolute atomic E-state index is 12.0. The lowest BCUT2D eigenvalue weighted by atomic mass is 10.2. The van der Waals surface area contributed by atoms with Gasteiger partial charge in [0.25, 0.3) is 5.91 Å². The van der Waals surface area contributed by atoms with Crippen LogP contribution in [0.3, 0.4) is 0 Å². The van der Waals surface area contributed by atoms with Crippen molar-refractivity contribution in [2.45, 2.75) is 19.4 Å². The molecule has 2 rings (SSSR count). The van der Waals surface area contributed by atoms with Gasteiger partial charge in [-0.3, -0.25) is 9.59 Å². The van der Waals surface area contributed by atoms with Gasteiger partial charge in [0.1, 0.15) is 0 Å². The lowest BCUT2D eigenvalue weighted by Crippen LogP contribution is -2.44. The molecule has 8 heteroatoms. The summed E-state index contributed by atoms with van der Waals surface area (Å²) < 4.78 is 23.1. The van der Waals surface area contributed by atoms with E-state index in [0.717, 1.165) is 0 Å². The zero-order valence-corrected chi connectivity index (χ0v) is 14.4. The Hall–Kier alpha value is -1.60. The number of carbonyl (C=O) groups is 2. The maximum atomic E-state index is 12.0. The van der Waals surface area contributed by atoms with Crippen molar-refractivity contribution in [1.29, 1.82) is 0 Å². The fourth-order valence-corrected chi connectivity index (χ4v) is 4.47. The Kier molecular flexibility index (Phi) is 5.64. The van der Waals surface area contributed by atoms with E-state index in [4.69, 9.17) is 11.6 Å². The molecule has 1 fully saturated rings. The normalized spacial score (nSPS) is 19.3. The van der Waals surface area contributed by atoms with Gasteiger partial charge in [-0.15, -0.1) is 0 Å². The second-order valence-corrected chi connectivity index (χ2v) is 8.20. The fourth-order valence-electron chi connectivity index (χ4n) is 2.61. The smallest absolute Gasteiger partial charge is 0.251 e. The second-order valence-electron chi connectivity index (χ2n) is 5.53. The molecule has 1 N–H and O–H groups in total. The number of carbonyl (C=O) groups excluding carboxylic acids is 2. The summed E-state index contributed by atoms with van der Waals surface area (Å²) in [4.78, 5) is 25.2. The minimum atomic E-state index is -3.06. The maximum Gasteiger partial charge on any atom is 0.251 e. The molecule has 23 heavy (non-hydrogen) atoms. The van der Waals surface area contributed by atoms with E-state index in [0.29, 0.717) is 17.0 Å². The first-order chi connectivity index (χ1) is 10.8. The number of nitrogens with zero attached hydrogens (tertiary/aromatic N) is 1. The minimum absolute atomic E-state index is 0.00227. The van der Waals surface area contributed by atoms with Crippen LogP contribution < -0.4 is 5.32 Å². The molecule has 0 spiro atoms. The molecule has 0 aliphatic carbocycles. The topological polar surface area (TPSA) is 83.6 Å². The van der Waals surface area contributed by atoms with Crippen molar-refractivity contribution in [3.8, 4) is 0 Å². The molecule has 0 aromatic heterocycles. The predicted molar refractivity (Wildman–Crippen MR) is 88.2 cm³/mol. The lowest BCUT2D eigenvalue weighted by molar-refractivity contribution is -0.130. The van der Waals surface area contributed by atoms with Gasteiger partial charge in [-0.05, 0) is 30.7 Å². The average molecular weight is 359 g/mol. The van der Waals surface area contributed by atoms with Gasteiger partial charge in [-0.1, -0.05) is 11.6 Å². The molecular weight excluding hydrogens is 340 g/mol. The van der Waals surface area contributed by atoms with Crippen LogP contribution in [0.1, 0.15) is 23.7 Å². The zero-order valence-electron chi connectivity index (χ0n) is 12.8. The summed E-state index contributed by atoms with van der Waals surface area (Å²) >= 11 is 5.77. The minimum Gasteiger partial charge on any atom is -0.350 e. The molecule has 0 saturated carbocycles. The lowest BCUT2D eigenvalue weighted by Gasteiger charge is -2.27. The van der Waals surface area contributed by atoms with E-state index >= 15 is 0 Å². The fraction of sp³-hybridized carbons (Fsp3) is 0.467. The number of halogens is 1. The molecule has 1 atom stereocenters. The summed E-state index contributed by atoms with van der Waals surface area (Å²) in [5, 5.41) is 3.27. The van der Waals surface area contributed by atoms with Gasteiger partial charge in [0, 0.05) is 36.6 Å². The molecule has 1 aromatic carbocycles. The van der Waals surface area contributed by atoms with Crippen LogP contribution in [-0.2, 0) is 14.6 Å². The molecule has 6 nitrogen and oxygen atoms in total. The summed E-state index contributed by atoms with van der Waals surface area (Å²) in [5.41, 5.74) is 0.479. The van der Waals surface area contributed by atoms with Gasteiger partial charge in [0.15, 0.2) is 9.84 Å². The SMILES string of the molecule is CC(=O)N(CCNC(=O)c1ccc(Cl)cc1)C1CCS(=O)(=O)C1. The first kappa shape index (κ1) is 17.7. The molecule has 1 aliphatic heterocycles. The number of benzene rings is 1. The number of hydrogen-bond donors (Lipinski definition) is 1. The molecular formula is C15H19ClN2O4S. The van der Waals surface area contributed by atoms with Crippen LogP contribution in [0.4, 0.5) is 0 Å². The van der Waals surface area contributed by atoms with Gasteiger partial charge in [0.2, 0.25) is 5.91 Å². The van der Waals surface area contributed by atoms with Crippen molar-refractivity contribution in [1.82, 2.24) is 10.2 Å². The van der Waals surface area contributed by atoms with Crippen LogP contribution >= 0.6 is 11.6 Å². The Bertz CT molecular complexity index is 688. The Morgan fingerprint density at radius 1 is 1.30 bits per heavy atom. The summed E-state index contributed by atoms with van der Waals surface area (Å²) in [7, 11) is -3.06. The monoisotopic (exact) mass is 358 g/mol. The molecule has 1 heterocycles. The third-order valence-electron chi connectivity index (χ3n) is 3.80. The van der Waals surface area contributed by atoms with E-state index in [9.17, 15) is 18.0 Å². The van der Waals surface area contributed by atoms with Crippen molar-refractivity contribution < 1.29 is 18.0 Å². The number of hydrogen-bond acceptors (Lipinski definition) is 4. The van der Waals surface area contributed by atoms with E-state index < -0.39 is 9.84 Å². The summed E-state index contributed by atoms with van der Waals surface area (Å²) in [6, 6.07) is 6.18. The summed E-state index contributed by atoms with van der Waals surface area (Å²) in [5.74, 6) is -0.340. The van der Waals surface area contributed by atoms with E-state index in [1.165, 1.54) is 11.8 Å². The van der Waals surface area contributed by atoms with Gasteiger partial charge in [-0.25, -0.2) is 8.42 Å².